The van der Waals surface area contributed by atoms with Gasteiger partial charge in [0.2, 0.25) is 11.8 Å². The second-order valence-corrected chi connectivity index (χ2v) is 8.62. The summed E-state index contributed by atoms with van der Waals surface area (Å²) in [5.41, 5.74) is 2.98. The van der Waals surface area contributed by atoms with E-state index in [0.717, 1.165) is 54.5 Å². The van der Waals surface area contributed by atoms with E-state index < -0.39 is 0 Å². The molecule has 2 saturated heterocycles. The van der Waals surface area contributed by atoms with Crippen molar-refractivity contribution in [2.24, 2.45) is 0 Å². The fraction of sp³-hybridized carbons (Fsp3) is 0.455. The summed E-state index contributed by atoms with van der Waals surface area (Å²) in [5, 5.41) is 5.02. The van der Waals surface area contributed by atoms with Crippen LogP contribution in [0.2, 0.25) is 0 Å². The maximum absolute atomic E-state index is 12.9. The van der Waals surface area contributed by atoms with Gasteiger partial charge < -0.3 is 19.9 Å². The number of likely N-dealkylation sites (tertiary alicyclic amines) is 1. The fourth-order valence-electron chi connectivity index (χ4n) is 4.02. The van der Waals surface area contributed by atoms with Gasteiger partial charge in [-0.05, 0) is 55.0 Å². The summed E-state index contributed by atoms with van der Waals surface area (Å²) >= 11 is 1.58. The van der Waals surface area contributed by atoms with Gasteiger partial charge in [-0.1, -0.05) is 6.07 Å². The zero-order valence-electron chi connectivity index (χ0n) is 16.7. The number of nitrogens with zero attached hydrogens (tertiary/aromatic N) is 2. The van der Waals surface area contributed by atoms with Crippen LogP contribution in [0.3, 0.4) is 0 Å². The van der Waals surface area contributed by atoms with Gasteiger partial charge in [-0.3, -0.25) is 9.59 Å². The Morgan fingerprint density at radius 3 is 2.76 bits per heavy atom. The van der Waals surface area contributed by atoms with E-state index in [-0.39, 0.29) is 17.9 Å². The molecule has 0 bridgehead atoms. The molecule has 2 aliphatic heterocycles. The molecular weight excluding hydrogens is 386 g/mol. The third-order valence-electron chi connectivity index (χ3n) is 5.63. The van der Waals surface area contributed by atoms with E-state index in [2.05, 4.69) is 16.3 Å². The van der Waals surface area contributed by atoms with Crippen molar-refractivity contribution in [1.82, 2.24) is 4.90 Å². The van der Waals surface area contributed by atoms with E-state index in [4.69, 9.17) is 4.74 Å². The Bertz CT molecular complexity index is 862. The van der Waals surface area contributed by atoms with Crippen molar-refractivity contribution in [3.63, 3.8) is 0 Å². The topological polar surface area (TPSA) is 61.9 Å². The lowest BCUT2D eigenvalue weighted by molar-refractivity contribution is -0.136. The predicted molar refractivity (Wildman–Crippen MR) is 116 cm³/mol. The number of thiophene rings is 1. The molecule has 6 nitrogen and oxygen atoms in total. The molecule has 4 rings (SSSR count). The van der Waals surface area contributed by atoms with Crippen LogP contribution in [-0.4, -0.2) is 55.6 Å². The first-order valence-corrected chi connectivity index (χ1v) is 11.1. The monoisotopic (exact) mass is 413 g/mol. The quantitative estimate of drug-likeness (QED) is 0.818. The lowest BCUT2D eigenvalue weighted by atomic mass is 10.1. The summed E-state index contributed by atoms with van der Waals surface area (Å²) < 4.78 is 5.42. The number of ether oxygens (including phenoxy) is 1. The molecule has 1 atom stereocenters. The van der Waals surface area contributed by atoms with Crippen molar-refractivity contribution in [2.75, 3.05) is 43.1 Å². The van der Waals surface area contributed by atoms with Crippen LogP contribution >= 0.6 is 11.3 Å². The van der Waals surface area contributed by atoms with Crippen LogP contribution in [0.1, 0.15) is 23.3 Å². The molecule has 154 valence electrons. The van der Waals surface area contributed by atoms with Gasteiger partial charge >= 0.3 is 0 Å². The van der Waals surface area contributed by atoms with Crippen LogP contribution < -0.4 is 10.2 Å². The van der Waals surface area contributed by atoms with Gasteiger partial charge in [0.15, 0.2) is 0 Å². The number of hydrogen-bond donors (Lipinski definition) is 1. The lowest BCUT2D eigenvalue weighted by Gasteiger charge is -2.29. The van der Waals surface area contributed by atoms with Crippen molar-refractivity contribution in [3.05, 3.63) is 46.2 Å². The number of nitrogens with one attached hydrogen (secondary N) is 1. The molecule has 1 aromatic heterocycles. The van der Waals surface area contributed by atoms with Crippen molar-refractivity contribution in [1.29, 1.82) is 0 Å². The maximum Gasteiger partial charge on any atom is 0.247 e. The Balaban J connectivity index is 1.40. The Morgan fingerprint density at radius 1 is 1.21 bits per heavy atom. The molecule has 2 aromatic rings. The largest absolute Gasteiger partial charge is 0.378 e. The van der Waals surface area contributed by atoms with Gasteiger partial charge in [0.05, 0.1) is 19.6 Å². The number of carbonyl (C=O) groups is 2. The number of rotatable bonds is 5. The van der Waals surface area contributed by atoms with E-state index >= 15 is 0 Å². The zero-order chi connectivity index (χ0) is 20.2. The summed E-state index contributed by atoms with van der Waals surface area (Å²) in [7, 11) is 0. The number of hydrogen-bond acceptors (Lipinski definition) is 5. The second kappa shape index (κ2) is 8.97. The van der Waals surface area contributed by atoms with Crippen molar-refractivity contribution in [3.8, 4) is 0 Å². The van der Waals surface area contributed by atoms with Crippen LogP contribution in [0.4, 0.5) is 11.4 Å². The van der Waals surface area contributed by atoms with Gasteiger partial charge in [-0.15, -0.1) is 11.3 Å². The minimum absolute atomic E-state index is 0.0319. The van der Waals surface area contributed by atoms with Crippen molar-refractivity contribution < 1.29 is 14.3 Å². The summed E-state index contributed by atoms with van der Waals surface area (Å²) in [4.78, 5) is 30.7. The zero-order valence-corrected chi connectivity index (χ0v) is 17.5. The average molecular weight is 414 g/mol. The molecular formula is C22H27N3O3S. The number of amides is 2. The van der Waals surface area contributed by atoms with Gasteiger partial charge in [0, 0.05) is 35.9 Å². The molecule has 0 radical (unpaired) electrons. The average Bonchev–Trinajstić information content (AvgIpc) is 3.42. The Labute approximate surface area is 175 Å². The maximum atomic E-state index is 12.9. The molecule has 1 unspecified atom stereocenters. The highest BCUT2D eigenvalue weighted by Gasteiger charge is 2.34. The Morgan fingerprint density at radius 2 is 2.03 bits per heavy atom. The molecule has 0 spiro atoms. The first-order valence-electron chi connectivity index (χ1n) is 10.2. The molecule has 7 heteroatoms. The molecule has 2 amide bonds. The summed E-state index contributed by atoms with van der Waals surface area (Å²) in [5.74, 6) is -0.0614. The number of carbonyl (C=O) groups excluding carboxylic acids is 2. The normalized spacial score (nSPS) is 19.4. The number of aryl methyl sites for hydroxylation is 1. The Kier molecular flexibility index (Phi) is 6.16. The SMILES string of the molecule is Cc1cc(N2CCOCC2)ccc1NC(=O)C1CCCN1C(=O)Cc1cccs1. The van der Waals surface area contributed by atoms with E-state index in [1.165, 1.54) is 0 Å². The molecule has 3 heterocycles. The van der Waals surface area contributed by atoms with Crippen LogP contribution in [0.15, 0.2) is 35.7 Å². The molecule has 1 aromatic carbocycles. The van der Waals surface area contributed by atoms with Crippen LogP contribution in [0.25, 0.3) is 0 Å². The fourth-order valence-corrected chi connectivity index (χ4v) is 4.72. The standard InChI is InChI=1S/C22H27N3O3S/c1-16-14-17(24-9-11-28-12-10-24)6-7-19(16)23-22(27)20-5-2-8-25(20)21(26)15-18-4-3-13-29-18/h3-4,6-7,13-14,20H,2,5,8-12,15H2,1H3,(H,23,27). The molecule has 2 aliphatic rings. The van der Waals surface area contributed by atoms with Crippen molar-refractivity contribution >= 4 is 34.5 Å². The minimum Gasteiger partial charge on any atom is -0.378 e. The third kappa shape index (κ3) is 4.62. The number of benzene rings is 1. The lowest BCUT2D eigenvalue weighted by Crippen LogP contribution is -2.43. The second-order valence-electron chi connectivity index (χ2n) is 7.59. The van der Waals surface area contributed by atoms with Crippen LogP contribution in [-0.2, 0) is 20.7 Å². The molecule has 29 heavy (non-hydrogen) atoms. The van der Waals surface area contributed by atoms with E-state index in [0.29, 0.717) is 19.4 Å². The highest BCUT2D eigenvalue weighted by atomic mass is 32.1. The summed E-state index contributed by atoms with van der Waals surface area (Å²) in [6, 6.07) is 9.64. The molecule has 2 fully saturated rings. The highest BCUT2D eigenvalue weighted by molar-refractivity contribution is 7.10. The summed E-state index contributed by atoms with van der Waals surface area (Å²) in [6.45, 7) is 5.91. The van der Waals surface area contributed by atoms with Crippen molar-refractivity contribution in [2.45, 2.75) is 32.2 Å². The van der Waals surface area contributed by atoms with Gasteiger partial charge in [-0.2, -0.15) is 0 Å². The van der Waals surface area contributed by atoms with Crippen LogP contribution in [0, 0.1) is 6.92 Å². The van der Waals surface area contributed by atoms with Crippen LogP contribution in [0.5, 0.6) is 0 Å². The summed E-state index contributed by atoms with van der Waals surface area (Å²) in [6.07, 6.45) is 1.95. The Hall–Kier alpha value is -2.38. The molecule has 0 aliphatic carbocycles. The predicted octanol–water partition coefficient (Wildman–Crippen LogP) is 3.07. The van der Waals surface area contributed by atoms with E-state index in [1.54, 1.807) is 16.2 Å². The van der Waals surface area contributed by atoms with E-state index in [9.17, 15) is 9.59 Å². The first-order chi connectivity index (χ1) is 14.1. The van der Waals surface area contributed by atoms with Gasteiger partial charge in [0.1, 0.15) is 6.04 Å². The highest BCUT2D eigenvalue weighted by Crippen LogP contribution is 2.26. The third-order valence-corrected chi connectivity index (χ3v) is 6.50. The molecule has 1 N–H and O–H groups in total. The number of morpholine rings is 1. The first kappa shape index (κ1) is 19.9. The molecule has 0 saturated carbocycles. The number of anilines is 2. The minimum atomic E-state index is -0.388. The smallest absolute Gasteiger partial charge is 0.247 e. The van der Waals surface area contributed by atoms with Gasteiger partial charge in [0.25, 0.3) is 0 Å². The van der Waals surface area contributed by atoms with Gasteiger partial charge in [-0.25, -0.2) is 0 Å². The van der Waals surface area contributed by atoms with E-state index in [1.807, 2.05) is 36.6 Å².